The van der Waals surface area contributed by atoms with Gasteiger partial charge >= 0.3 is 5.97 Å². The van der Waals surface area contributed by atoms with E-state index in [9.17, 15) is 9.59 Å². The number of alkyl halides is 2. The fourth-order valence-corrected chi connectivity index (χ4v) is 2.02. The SMILES string of the molecule is CCOC(=O)c1cc(C(Br)C(C)=O)ccc1CCl. The molecule has 0 radical (unpaired) electrons. The molecule has 98 valence electrons. The van der Waals surface area contributed by atoms with Crippen LogP contribution in [0.25, 0.3) is 0 Å². The molecule has 0 aromatic heterocycles. The van der Waals surface area contributed by atoms with E-state index in [1.165, 1.54) is 6.92 Å². The monoisotopic (exact) mass is 332 g/mol. The van der Waals surface area contributed by atoms with Gasteiger partial charge in [0.25, 0.3) is 0 Å². The summed E-state index contributed by atoms with van der Waals surface area (Å²) >= 11 is 9.07. The zero-order valence-electron chi connectivity index (χ0n) is 10.2. The van der Waals surface area contributed by atoms with Gasteiger partial charge in [0.1, 0.15) is 5.78 Å². The van der Waals surface area contributed by atoms with E-state index in [4.69, 9.17) is 16.3 Å². The number of carbonyl (C=O) groups excluding carboxylic acids is 2. The van der Waals surface area contributed by atoms with Crippen molar-refractivity contribution in [3.05, 3.63) is 34.9 Å². The highest BCUT2D eigenvalue weighted by Gasteiger charge is 2.18. The van der Waals surface area contributed by atoms with Gasteiger partial charge in [-0.05, 0) is 31.0 Å². The Morgan fingerprint density at radius 2 is 2.11 bits per heavy atom. The van der Waals surface area contributed by atoms with Crippen LogP contribution in [0.3, 0.4) is 0 Å². The summed E-state index contributed by atoms with van der Waals surface area (Å²) in [5, 5.41) is 0. The van der Waals surface area contributed by atoms with Crippen molar-refractivity contribution in [2.24, 2.45) is 0 Å². The summed E-state index contributed by atoms with van der Waals surface area (Å²) in [6.07, 6.45) is 0. The summed E-state index contributed by atoms with van der Waals surface area (Å²) in [5.74, 6) is -0.219. The minimum Gasteiger partial charge on any atom is -0.462 e. The van der Waals surface area contributed by atoms with Crippen LogP contribution in [0.5, 0.6) is 0 Å². The van der Waals surface area contributed by atoms with Gasteiger partial charge in [0.05, 0.1) is 17.0 Å². The topological polar surface area (TPSA) is 43.4 Å². The molecular weight excluding hydrogens is 319 g/mol. The quantitative estimate of drug-likeness (QED) is 0.610. The Hall–Kier alpha value is -0.870. The molecule has 0 N–H and O–H groups in total. The summed E-state index contributed by atoms with van der Waals surface area (Å²) in [7, 11) is 0. The van der Waals surface area contributed by atoms with Gasteiger partial charge in [0.15, 0.2) is 0 Å². The molecule has 3 nitrogen and oxygen atoms in total. The Bertz CT molecular complexity index is 460. The van der Waals surface area contributed by atoms with Crippen LogP contribution >= 0.6 is 27.5 Å². The molecule has 1 rings (SSSR count). The second kappa shape index (κ2) is 6.90. The zero-order valence-corrected chi connectivity index (χ0v) is 12.5. The van der Waals surface area contributed by atoms with Crippen LogP contribution in [0.4, 0.5) is 0 Å². The van der Waals surface area contributed by atoms with Gasteiger partial charge < -0.3 is 4.74 Å². The Morgan fingerprint density at radius 1 is 1.44 bits per heavy atom. The molecule has 0 saturated carbocycles. The third-order valence-electron chi connectivity index (χ3n) is 2.42. The number of benzene rings is 1. The number of carbonyl (C=O) groups is 2. The fourth-order valence-electron chi connectivity index (χ4n) is 1.50. The van der Waals surface area contributed by atoms with Crippen molar-refractivity contribution < 1.29 is 14.3 Å². The summed E-state index contributed by atoms with van der Waals surface area (Å²) < 4.78 is 4.97. The summed E-state index contributed by atoms with van der Waals surface area (Å²) in [6.45, 7) is 3.53. The lowest BCUT2D eigenvalue weighted by molar-refractivity contribution is -0.116. The van der Waals surface area contributed by atoms with E-state index >= 15 is 0 Å². The van der Waals surface area contributed by atoms with Crippen LogP contribution in [0.1, 0.15) is 40.2 Å². The van der Waals surface area contributed by atoms with Gasteiger partial charge in [-0.15, -0.1) is 11.6 Å². The number of hydrogen-bond acceptors (Lipinski definition) is 3. The van der Waals surface area contributed by atoms with E-state index in [0.717, 1.165) is 5.56 Å². The maximum absolute atomic E-state index is 11.8. The van der Waals surface area contributed by atoms with Crippen LogP contribution < -0.4 is 0 Å². The molecule has 0 fully saturated rings. The molecule has 0 amide bonds. The van der Waals surface area contributed by atoms with Crippen LogP contribution in [0.15, 0.2) is 18.2 Å². The number of ketones is 1. The third kappa shape index (κ3) is 3.56. The molecule has 0 aliphatic carbocycles. The molecule has 0 aliphatic rings. The number of hydrogen-bond donors (Lipinski definition) is 0. The Labute approximate surface area is 120 Å². The molecule has 1 aromatic rings. The first kappa shape index (κ1) is 15.2. The second-order valence-corrected chi connectivity index (χ2v) is 4.93. The van der Waals surface area contributed by atoms with E-state index in [2.05, 4.69) is 15.9 Å². The lowest BCUT2D eigenvalue weighted by Crippen LogP contribution is -2.10. The molecule has 1 atom stereocenters. The Kier molecular flexibility index (Phi) is 5.82. The van der Waals surface area contributed by atoms with Crippen molar-refractivity contribution in [3.63, 3.8) is 0 Å². The van der Waals surface area contributed by atoms with E-state index in [1.54, 1.807) is 25.1 Å². The molecular formula is C13H14BrClO3. The summed E-state index contributed by atoms with van der Waals surface area (Å²) in [4.78, 5) is 22.7. The molecule has 0 aliphatic heterocycles. The minimum atomic E-state index is -0.421. The smallest absolute Gasteiger partial charge is 0.338 e. The fraction of sp³-hybridized carbons (Fsp3) is 0.385. The van der Waals surface area contributed by atoms with Gasteiger partial charge in [-0.1, -0.05) is 28.1 Å². The van der Waals surface area contributed by atoms with Crippen LogP contribution in [0.2, 0.25) is 0 Å². The van der Waals surface area contributed by atoms with E-state index in [-0.39, 0.29) is 11.7 Å². The molecule has 1 unspecified atom stereocenters. The summed E-state index contributed by atoms with van der Waals surface area (Å²) in [6, 6.07) is 5.17. The van der Waals surface area contributed by atoms with E-state index in [1.807, 2.05) is 0 Å². The van der Waals surface area contributed by atoms with Gasteiger partial charge in [0, 0.05) is 5.88 Å². The predicted molar refractivity (Wildman–Crippen MR) is 74.3 cm³/mol. The number of esters is 1. The first-order valence-electron chi connectivity index (χ1n) is 5.51. The molecule has 0 heterocycles. The van der Waals surface area contributed by atoms with E-state index < -0.39 is 10.8 Å². The van der Waals surface area contributed by atoms with Crippen LogP contribution in [-0.2, 0) is 15.4 Å². The second-order valence-electron chi connectivity index (χ2n) is 3.74. The highest BCUT2D eigenvalue weighted by atomic mass is 79.9. The van der Waals surface area contributed by atoms with Crippen molar-refractivity contribution >= 4 is 39.3 Å². The van der Waals surface area contributed by atoms with Gasteiger partial charge in [-0.2, -0.15) is 0 Å². The van der Waals surface area contributed by atoms with Crippen molar-refractivity contribution in [3.8, 4) is 0 Å². The number of rotatable bonds is 5. The number of ether oxygens (including phenoxy) is 1. The van der Waals surface area contributed by atoms with Crippen molar-refractivity contribution in [2.45, 2.75) is 24.6 Å². The lowest BCUT2D eigenvalue weighted by atomic mass is 10.0. The molecule has 0 saturated heterocycles. The molecule has 0 bridgehead atoms. The van der Waals surface area contributed by atoms with Gasteiger partial charge in [0.2, 0.25) is 0 Å². The van der Waals surface area contributed by atoms with Gasteiger partial charge in [-0.25, -0.2) is 4.79 Å². The third-order valence-corrected chi connectivity index (χ3v) is 3.88. The highest BCUT2D eigenvalue weighted by molar-refractivity contribution is 9.09. The maximum Gasteiger partial charge on any atom is 0.338 e. The Morgan fingerprint density at radius 3 is 2.61 bits per heavy atom. The molecule has 18 heavy (non-hydrogen) atoms. The molecule has 5 heteroatoms. The summed E-state index contributed by atoms with van der Waals surface area (Å²) in [5.41, 5.74) is 1.83. The molecule has 1 aromatic carbocycles. The van der Waals surface area contributed by atoms with Gasteiger partial charge in [-0.3, -0.25) is 4.79 Å². The minimum absolute atomic E-state index is 0.0246. The largest absolute Gasteiger partial charge is 0.462 e. The molecule has 0 spiro atoms. The first-order chi connectivity index (χ1) is 8.51. The maximum atomic E-state index is 11.8. The normalized spacial score (nSPS) is 12.0. The van der Waals surface area contributed by atoms with E-state index in [0.29, 0.717) is 17.7 Å². The van der Waals surface area contributed by atoms with Crippen LogP contribution in [0, 0.1) is 0 Å². The number of halogens is 2. The predicted octanol–water partition coefficient (Wildman–Crippen LogP) is 3.63. The average molecular weight is 334 g/mol. The van der Waals surface area contributed by atoms with Crippen LogP contribution in [-0.4, -0.2) is 18.4 Å². The average Bonchev–Trinajstić information content (AvgIpc) is 2.37. The van der Waals surface area contributed by atoms with Crippen molar-refractivity contribution in [1.82, 2.24) is 0 Å². The lowest BCUT2D eigenvalue weighted by Gasteiger charge is -2.11. The van der Waals surface area contributed by atoms with Crippen molar-refractivity contribution in [1.29, 1.82) is 0 Å². The zero-order chi connectivity index (χ0) is 13.7. The number of Topliss-reactive ketones (excluding diaryl/α,β-unsaturated/α-hetero) is 1. The highest BCUT2D eigenvalue weighted by Crippen LogP contribution is 2.26. The standard InChI is InChI=1S/C13H14BrClO3/c1-3-18-13(17)11-6-9(12(14)8(2)16)4-5-10(11)7-15/h4-6,12H,3,7H2,1-2H3. The Balaban J connectivity index is 3.17. The van der Waals surface area contributed by atoms with Crippen molar-refractivity contribution in [2.75, 3.05) is 6.61 Å². The first-order valence-corrected chi connectivity index (χ1v) is 6.96.